The molecule has 0 spiro atoms. The van der Waals surface area contributed by atoms with Crippen molar-refractivity contribution in [1.82, 2.24) is 4.90 Å². The van der Waals surface area contributed by atoms with Gasteiger partial charge in [0.2, 0.25) is 0 Å². The SMILES string of the molecule is O=C(c1ccccc1)N1CCCC1C[Se]c1ccccc1. The molecule has 0 saturated carbocycles. The van der Waals surface area contributed by atoms with E-state index in [4.69, 9.17) is 0 Å². The Morgan fingerprint density at radius 3 is 2.43 bits per heavy atom. The summed E-state index contributed by atoms with van der Waals surface area (Å²) in [6.07, 6.45) is 2.28. The van der Waals surface area contributed by atoms with E-state index in [1.807, 2.05) is 30.3 Å². The molecule has 1 fully saturated rings. The van der Waals surface area contributed by atoms with Crippen LogP contribution in [0.15, 0.2) is 60.7 Å². The Hall–Kier alpha value is -1.57. The molecule has 1 unspecified atom stereocenters. The normalized spacial score (nSPS) is 17.9. The van der Waals surface area contributed by atoms with Gasteiger partial charge in [0.1, 0.15) is 0 Å². The van der Waals surface area contributed by atoms with E-state index < -0.39 is 0 Å². The van der Waals surface area contributed by atoms with Gasteiger partial charge < -0.3 is 0 Å². The van der Waals surface area contributed by atoms with Crippen molar-refractivity contribution in [2.24, 2.45) is 0 Å². The van der Waals surface area contributed by atoms with E-state index in [-0.39, 0.29) is 5.91 Å². The van der Waals surface area contributed by atoms with Crippen molar-refractivity contribution in [2.75, 3.05) is 6.54 Å². The fourth-order valence-corrected chi connectivity index (χ4v) is 5.00. The topological polar surface area (TPSA) is 20.3 Å². The molecular formula is C18H19NOSe. The summed E-state index contributed by atoms with van der Waals surface area (Å²) in [6, 6.07) is 20.7. The Kier molecular flexibility index (Phi) is 4.74. The molecule has 0 aromatic heterocycles. The molecule has 1 saturated heterocycles. The number of amides is 1. The van der Waals surface area contributed by atoms with Crippen molar-refractivity contribution in [2.45, 2.75) is 24.2 Å². The van der Waals surface area contributed by atoms with Gasteiger partial charge in [0.15, 0.2) is 0 Å². The molecule has 0 N–H and O–H groups in total. The van der Waals surface area contributed by atoms with Crippen molar-refractivity contribution in [3.63, 3.8) is 0 Å². The van der Waals surface area contributed by atoms with Crippen LogP contribution >= 0.6 is 0 Å². The van der Waals surface area contributed by atoms with Crippen molar-refractivity contribution in [3.05, 3.63) is 66.2 Å². The molecule has 2 nitrogen and oxygen atoms in total. The molecule has 0 aliphatic carbocycles. The number of carbonyl (C=O) groups is 1. The number of nitrogens with zero attached hydrogens (tertiary/aromatic N) is 1. The van der Waals surface area contributed by atoms with E-state index in [2.05, 4.69) is 35.2 Å². The summed E-state index contributed by atoms with van der Waals surface area (Å²) < 4.78 is 1.42. The number of hydrogen-bond donors (Lipinski definition) is 0. The second-order valence-corrected chi connectivity index (χ2v) is 7.58. The summed E-state index contributed by atoms with van der Waals surface area (Å²) >= 11 is 0.450. The minimum atomic E-state index is 0.196. The van der Waals surface area contributed by atoms with Gasteiger partial charge in [0, 0.05) is 0 Å². The second kappa shape index (κ2) is 6.93. The molecule has 1 aliphatic rings. The summed E-state index contributed by atoms with van der Waals surface area (Å²) in [7, 11) is 0. The number of rotatable bonds is 4. The van der Waals surface area contributed by atoms with Crippen LogP contribution in [-0.4, -0.2) is 38.4 Å². The van der Waals surface area contributed by atoms with Crippen LogP contribution in [0.1, 0.15) is 23.2 Å². The molecule has 2 aromatic rings. The third kappa shape index (κ3) is 3.55. The van der Waals surface area contributed by atoms with Crippen LogP contribution in [0.2, 0.25) is 5.32 Å². The monoisotopic (exact) mass is 345 g/mol. The van der Waals surface area contributed by atoms with E-state index in [9.17, 15) is 4.79 Å². The standard InChI is InChI=1S/C18H19NOSe/c20-18(15-8-3-1-4-9-15)19-13-7-10-16(19)14-21-17-11-5-2-6-12-17/h1-6,8-9,11-12,16H,7,10,13-14H2. The molecular weight excluding hydrogens is 325 g/mol. The van der Waals surface area contributed by atoms with Gasteiger partial charge in [0.05, 0.1) is 0 Å². The first-order valence-electron chi connectivity index (χ1n) is 7.38. The maximum atomic E-state index is 12.6. The average Bonchev–Trinajstić information content (AvgIpc) is 3.02. The molecule has 3 heteroatoms. The summed E-state index contributed by atoms with van der Waals surface area (Å²) in [5, 5.41) is 1.12. The van der Waals surface area contributed by atoms with E-state index in [1.54, 1.807) is 0 Å². The van der Waals surface area contributed by atoms with Crippen molar-refractivity contribution < 1.29 is 4.79 Å². The molecule has 3 rings (SSSR count). The van der Waals surface area contributed by atoms with E-state index in [0.717, 1.165) is 30.3 Å². The number of benzene rings is 2. The number of likely N-dealkylation sites (tertiary alicyclic amines) is 1. The van der Waals surface area contributed by atoms with E-state index in [0.29, 0.717) is 21.0 Å². The summed E-state index contributed by atoms with van der Waals surface area (Å²) in [5.74, 6) is 0.196. The molecule has 21 heavy (non-hydrogen) atoms. The summed E-state index contributed by atoms with van der Waals surface area (Å²) in [5.41, 5.74) is 0.816. The Morgan fingerprint density at radius 2 is 1.71 bits per heavy atom. The number of carbonyl (C=O) groups excluding carboxylic acids is 1. The fraction of sp³-hybridized carbons (Fsp3) is 0.278. The first kappa shape index (κ1) is 14.4. The molecule has 108 valence electrons. The van der Waals surface area contributed by atoms with Gasteiger partial charge in [-0.15, -0.1) is 0 Å². The molecule has 0 radical (unpaired) electrons. The van der Waals surface area contributed by atoms with E-state index >= 15 is 0 Å². The third-order valence-corrected chi connectivity index (χ3v) is 6.27. The third-order valence-electron chi connectivity index (χ3n) is 3.84. The van der Waals surface area contributed by atoms with E-state index in [1.165, 1.54) is 4.46 Å². The molecule has 1 heterocycles. The van der Waals surface area contributed by atoms with Crippen LogP contribution in [0.3, 0.4) is 0 Å². The van der Waals surface area contributed by atoms with Crippen LogP contribution in [0, 0.1) is 0 Å². The predicted molar refractivity (Wildman–Crippen MR) is 87.1 cm³/mol. The molecule has 0 bridgehead atoms. The van der Waals surface area contributed by atoms with Crippen LogP contribution in [0.5, 0.6) is 0 Å². The quantitative estimate of drug-likeness (QED) is 0.781. The molecule has 1 aliphatic heterocycles. The van der Waals surface area contributed by atoms with Gasteiger partial charge >= 0.3 is 132 Å². The number of hydrogen-bond acceptors (Lipinski definition) is 1. The Labute approximate surface area is 132 Å². The zero-order valence-corrected chi connectivity index (χ0v) is 13.7. The van der Waals surface area contributed by atoms with Crippen molar-refractivity contribution >= 4 is 25.3 Å². The maximum absolute atomic E-state index is 12.6. The molecule has 1 amide bonds. The summed E-state index contributed by atoms with van der Waals surface area (Å²) in [4.78, 5) is 14.7. The molecule has 2 aromatic carbocycles. The summed E-state index contributed by atoms with van der Waals surface area (Å²) in [6.45, 7) is 0.906. The van der Waals surface area contributed by atoms with Gasteiger partial charge in [-0.3, -0.25) is 0 Å². The minimum absolute atomic E-state index is 0.196. The van der Waals surface area contributed by atoms with Crippen LogP contribution < -0.4 is 4.46 Å². The van der Waals surface area contributed by atoms with Crippen LogP contribution in [0.25, 0.3) is 0 Å². The zero-order valence-electron chi connectivity index (χ0n) is 11.9. The van der Waals surface area contributed by atoms with Crippen molar-refractivity contribution in [1.29, 1.82) is 0 Å². The van der Waals surface area contributed by atoms with Crippen molar-refractivity contribution in [3.8, 4) is 0 Å². The van der Waals surface area contributed by atoms with Gasteiger partial charge in [-0.1, -0.05) is 0 Å². The van der Waals surface area contributed by atoms with Gasteiger partial charge in [-0.05, 0) is 0 Å². The first-order chi connectivity index (χ1) is 10.3. The van der Waals surface area contributed by atoms with Gasteiger partial charge in [-0.25, -0.2) is 0 Å². The Bertz CT molecular complexity index is 585. The zero-order chi connectivity index (χ0) is 14.5. The fourth-order valence-electron chi connectivity index (χ4n) is 2.73. The second-order valence-electron chi connectivity index (χ2n) is 5.28. The van der Waals surface area contributed by atoms with Gasteiger partial charge in [-0.2, -0.15) is 0 Å². The first-order valence-corrected chi connectivity index (χ1v) is 9.45. The molecule has 1 atom stereocenters. The van der Waals surface area contributed by atoms with Crippen LogP contribution in [-0.2, 0) is 0 Å². The van der Waals surface area contributed by atoms with Gasteiger partial charge in [0.25, 0.3) is 0 Å². The predicted octanol–water partition coefficient (Wildman–Crippen LogP) is 2.74. The van der Waals surface area contributed by atoms with Crippen LogP contribution in [0.4, 0.5) is 0 Å². The Morgan fingerprint density at radius 1 is 1.05 bits per heavy atom. The Balaban J connectivity index is 1.64. The average molecular weight is 344 g/mol.